The van der Waals surface area contributed by atoms with Crippen molar-refractivity contribution in [2.24, 2.45) is 5.10 Å². The molecule has 0 spiro atoms. The van der Waals surface area contributed by atoms with Crippen LogP contribution in [0.15, 0.2) is 23.3 Å². The number of fused-ring (bicyclic) bond motifs is 1. The number of nitriles is 1. The number of hydrogen-bond donors (Lipinski definition) is 1. The van der Waals surface area contributed by atoms with Crippen LogP contribution in [-0.2, 0) is 4.79 Å². The van der Waals surface area contributed by atoms with Gasteiger partial charge in [0.2, 0.25) is 12.5 Å². The molecular weight excluding hydrogens is 272 g/mol. The molecule has 1 N–H and O–H groups in total. The van der Waals surface area contributed by atoms with E-state index in [2.05, 4.69) is 10.5 Å². The van der Waals surface area contributed by atoms with Crippen LogP contribution in [0.4, 0.5) is 5.69 Å². The van der Waals surface area contributed by atoms with Crippen molar-refractivity contribution in [1.82, 2.24) is 4.90 Å². The molecule has 21 heavy (non-hydrogen) atoms. The first-order chi connectivity index (χ1) is 10.3. The number of nitrogens with zero attached hydrogens (tertiary/aromatic N) is 3. The van der Waals surface area contributed by atoms with Crippen LogP contribution in [-0.4, -0.2) is 36.4 Å². The van der Waals surface area contributed by atoms with Crippen LogP contribution in [0.25, 0.3) is 0 Å². The summed E-state index contributed by atoms with van der Waals surface area (Å²) in [7, 11) is 0. The zero-order chi connectivity index (χ0) is 14.7. The number of benzene rings is 1. The van der Waals surface area contributed by atoms with Crippen LogP contribution in [0, 0.1) is 11.3 Å². The topological polar surface area (TPSA) is 87.0 Å². The Kier molecular flexibility index (Phi) is 3.60. The molecule has 2 aliphatic rings. The molecule has 1 aromatic rings. The number of ether oxygens (including phenoxy) is 2. The van der Waals surface area contributed by atoms with Gasteiger partial charge >= 0.3 is 0 Å². The number of hydrazone groups is 1. The van der Waals surface area contributed by atoms with Crippen LogP contribution in [0.1, 0.15) is 12.8 Å². The van der Waals surface area contributed by atoms with Gasteiger partial charge in [0.15, 0.2) is 11.5 Å². The second-order valence-electron chi connectivity index (χ2n) is 4.75. The molecule has 2 heterocycles. The highest BCUT2D eigenvalue weighted by Gasteiger charge is 2.23. The van der Waals surface area contributed by atoms with Gasteiger partial charge in [0.1, 0.15) is 6.07 Å². The summed E-state index contributed by atoms with van der Waals surface area (Å²) in [5.74, 6) is 0.945. The number of rotatable bonds is 3. The quantitative estimate of drug-likeness (QED) is 0.669. The van der Waals surface area contributed by atoms with E-state index in [1.807, 2.05) is 6.07 Å². The number of carbonyl (C=O) groups is 1. The van der Waals surface area contributed by atoms with E-state index < -0.39 is 0 Å². The molecular formula is C14H14N4O3. The molecule has 1 fully saturated rings. The molecule has 0 bridgehead atoms. The van der Waals surface area contributed by atoms with Gasteiger partial charge < -0.3 is 14.4 Å². The van der Waals surface area contributed by atoms with Crippen molar-refractivity contribution >= 4 is 17.3 Å². The molecule has 108 valence electrons. The second kappa shape index (κ2) is 5.71. The fourth-order valence-corrected chi connectivity index (χ4v) is 2.28. The van der Waals surface area contributed by atoms with E-state index in [9.17, 15) is 4.79 Å². The lowest BCUT2D eigenvalue weighted by Gasteiger charge is -2.13. The second-order valence-corrected chi connectivity index (χ2v) is 4.75. The summed E-state index contributed by atoms with van der Waals surface area (Å²) in [6, 6.07) is 7.04. The van der Waals surface area contributed by atoms with Crippen molar-refractivity contribution in [2.75, 3.05) is 25.3 Å². The number of likely N-dealkylation sites (tertiary alicyclic amines) is 1. The zero-order valence-corrected chi connectivity index (χ0v) is 11.3. The van der Waals surface area contributed by atoms with Crippen LogP contribution in [0.2, 0.25) is 0 Å². The van der Waals surface area contributed by atoms with Crippen LogP contribution in [0.5, 0.6) is 11.5 Å². The van der Waals surface area contributed by atoms with Crippen LogP contribution < -0.4 is 14.9 Å². The molecule has 0 radical (unpaired) electrons. The molecule has 0 saturated carbocycles. The Bertz CT molecular complexity index is 630. The predicted octanol–water partition coefficient (Wildman–Crippen LogP) is 1.33. The van der Waals surface area contributed by atoms with Crippen molar-refractivity contribution in [3.8, 4) is 17.6 Å². The minimum Gasteiger partial charge on any atom is -0.454 e. The van der Waals surface area contributed by atoms with Gasteiger partial charge in [-0.1, -0.05) is 0 Å². The van der Waals surface area contributed by atoms with Crippen LogP contribution in [0.3, 0.4) is 0 Å². The Balaban J connectivity index is 1.71. The van der Waals surface area contributed by atoms with E-state index in [0.29, 0.717) is 30.3 Å². The number of carbonyl (C=O) groups excluding carboxylic acids is 1. The number of hydrogen-bond acceptors (Lipinski definition) is 6. The molecule has 7 nitrogen and oxygen atoms in total. The van der Waals surface area contributed by atoms with Gasteiger partial charge in [0, 0.05) is 19.2 Å². The summed E-state index contributed by atoms with van der Waals surface area (Å²) in [4.78, 5) is 13.7. The molecule has 1 aromatic carbocycles. The summed E-state index contributed by atoms with van der Waals surface area (Å²) >= 11 is 0. The summed E-state index contributed by atoms with van der Waals surface area (Å²) in [5, 5.41) is 13.0. The lowest BCUT2D eigenvalue weighted by Crippen LogP contribution is -2.33. The Morgan fingerprint density at radius 1 is 1.29 bits per heavy atom. The molecule has 0 unspecified atom stereocenters. The lowest BCUT2D eigenvalue weighted by atomic mass is 10.3. The third-order valence-corrected chi connectivity index (χ3v) is 3.37. The Hall–Kier alpha value is -2.75. The van der Waals surface area contributed by atoms with Crippen molar-refractivity contribution in [3.05, 3.63) is 18.2 Å². The van der Waals surface area contributed by atoms with Gasteiger partial charge in [-0.25, -0.2) is 0 Å². The first kappa shape index (κ1) is 13.2. The van der Waals surface area contributed by atoms with Crippen molar-refractivity contribution in [1.29, 1.82) is 5.26 Å². The Labute approximate surface area is 121 Å². The van der Waals surface area contributed by atoms with Gasteiger partial charge in [-0.15, -0.1) is 0 Å². The molecule has 0 atom stereocenters. The monoisotopic (exact) mass is 286 g/mol. The minimum absolute atomic E-state index is 0.144. The molecule has 1 amide bonds. The van der Waals surface area contributed by atoms with E-state index in [4.69, 9.17) is 14.7 Å². The fourth-order valence-electron chi connectivity index (χ4n) is 2.28. The highest BCUT2D eigenvalue weighted by molar-refractivity contribution is 6.45. The standard InChI is InChI=1S/C14H14N4O3/c15-8-11(14(19)18-5-1-2-6-18)17-16-10-3-4-12-13(7-10)21-9-20-12/h3-4,7,16H,1-2,5-6,9H2/b17-11+. The summed E-state index contributed by atoms with van der Waals surface area (Å²) in [5.41, 5.74) is 3.19. The van der Waals surface area contributed by atoms with E-state index >= 15 is 0 Å². The summed E-state index contributed by atoms with van der Waals surface area (Å²) < 4.78 is 10.5. The maximum atomic E-state index is 12.1. The maximum absolute atomic E-state index is 12.1. The molecule has 3 rings (SSSR count). The van der Waals surface area contributed by atoms with Gasteiger partial charge in [-0.05, 0) is 25.0 Å². The van der Waals surface area contributed by atoms with E-state index in [1.165, 1.54) is 0 Å². The third-order valence-electron chi connectivity index (χ3n) is 3.37. The minimum atomic E-state index is -0.330. The van der Waals surface area contributed by atoms with Crippen LogP contribution >= 0.6 is 0 Å². The largest absolute Gasteiger partial charge is 0.454 e. The highest BCUT2D eigenvalue weighted by Crippen LogP contribution is 2.34. The summed E-state index contributed by atoms with van der Waals surface area (Å²) in [6.07, 6.45) is 1.94. The smallest absolute Gasteiger partial charge is 0.285 e. The predicted molar refractivity (Wildman–Crippen MR) is 75.0 cm³/mol. The fraction of sp³-hybridized carbons (Fsp3) is 0.357. The Morgan fingerprint density at radius 2 is 2.05 bits per heavy atom. The number of nitrogens with one attached hydrogen (secondary N) is 1. The number of amides is 1. The van der Waals surface area contributed by atoms with E-state index in [-0.39, 0.29) is 18.4 Å². The van der Waals surface area contributed by atoms with Crippen molar-refractivity contribution < 1.29 is 14.3 Å². The van der Waals surface area contributed by atoms with Crippen molar-refractivity contribution in [2.45, 2.75) is 12.8 Å². The van der Waals surface area contributed by atoms with E-state index in [1.54, 1.807) is 23.1 Å². The Morgan fingerprint density at radius 3 is 2.81 bits per heavy atom. The SMILES string of the molecule is N#C/C(=N\Nc1ccc2c(c1)OCO2)C(=O)N1CCCC1. The average Bonchev–Trinajstić information content (AvgIpc) is 3.18. The third kappa shape index (κ3) is 2.74. The molecule has 2 aliphatic heterocycles. The van der Waals surface area contributed by atoms with Gasteiger partial charge in [0.25, 0.3) is 5.91 Å². The maximum Gasteiger partial charge on any atom is 0.285 e. The average molecular weight is 286 g/mol. The molecule has 0 aliphatic carbocycles. The molecule has 1 saturated heterocycles. The first-order valence-electron chi connectivity index (χ1n) is 6.70. The molecule has 0 aromatic heterocycles. The highest BCUT2D eigenvalue weighted by atomic mass is 16.7. The normalized spacial score (nSPS) is 16.7. The van der Waals surface area contributed by atoms with Gasteiger partial charge in [-0.3, -0.25) is 10.2 Å². The van der Waals surface area contributed by atoms with Gasteiger partial charge in [0.05, 0.1) is 5.69 Å². The summed E-state index contributed by atoms with van der Waals surface area (Å²) in [6.45, 7) is 1.56. The van der Waals surface area contributed by atoms with Gasteiger partial charge in [-0.2, -0.15) is 10.4 Å². The zero-order valence-electron chi connectivity index (χ0n) is 11.3. The lowest BCUT2D eigenvalue weighted by molar-refractivity contribution is -0.122. The number of anilines is 1. The van der Waals surface area contributed by atoms with E-state index in [0.717, 1.165) is 12.8 Å². The first-order valence-corrected chi connectivity index (χ1v) is 6.70. The molecule has 7 heteroatoms. The van der Waals surface area contributed by atoms with Crippen molar-refractivity contribution in [3.63, 3.8) is 0 Å².